The molecule has 0 fully saturated rings. The van der Waals surface area contributed by atoms with E-state index >= 15 is 0 Å². The van der Waals surface area contributed by atoms with Gasteiger partial charge in [-0.2, -0.15) is 13.2 Å². The minimum atomic E-state index is -5.31. The minimum Gasteiger partial charge on any atom is -0.364 e. The van der Waals surface area contributed by atoms with E-state index in [4.69, 9.17) is 0 Å². The Bertz CT molecular complexity index is 543. The van der Waals surface area contributed by atoms with Crippen LogP contribution in [0.5, 0.6) is 0 Å². The quantitative estimate of drug-likeness (QED) is 0.521. The molecule has 0 aliphatic heterocycles. The maximum absolute atomic E-state index is 12.6. The maximum atomic E-state index is 12.6. The molecule has 19 heavy (non-hydrogen) atoms. The summed E-state index contributed by atoms with van der Waals surface area (Å²) in [5, 5.41) is 10.5. The smallest absolute Gasteiger partial charge is 0.364 e. The Morgan fingerprint density at radius 1 is 1.42 bits per heavy atom. The van der Waals surface area contributed by atoms with E-state index in [-0.39, 0.29) is 6.07 Å². The summed E-state index contributed by atoms with van der Waals surface area (Å²) in [7, 11) is 0. The lowest BCUT2D eigenvalue weighted by molar-refractivity contribution is -0.389. The van der Waals surface area contributed by atoms with Crippen LogP contribution in [0.2, 0.25) is 0 Å². The molecule has 0 bridgehead atoms. The molecule has 0 unspecified atom stereocenters. The van der Waals surface area contributed by atoms with E-state index in [0.29, 0.717) is 0 Å². The molecule has 1 aromatic rings. The maximum Gasteiger partial charge on any atom is 0.423 e. The zero-order chi connectivity index (χ0) is 15.0. The fraction of sp³-hybridized carbons (Fsp3) is 0.250. The standard InChI is InChI=1S/C8H4F5N3O3/c9-6(10)4-5(16(18)19)2(8(11,12)13)1-3(15-4)7(14)17/h1,6H,(H2,14,17). The summed E-state index contributed by atoms with van der Waals surface area (Å²) in [6, 6.07) is -0.0354. The molecule has 0 aromatic carbocycles. The number of rotatable bonds is 3. The molecule has 0 radical (unpaired) electrons. The van der Waals surface area contributed by atoms with E-state index in [0.717, 1.165) is 0 Å². The number of nitrogens with zero attached hydrogens (tertiary/aromatic N) is 2. The number of primary amides is 1. The van der Waals surface area contributed by atoms with Gasteiger partial charge in [-0.15, -0.1) is 0 Å². The van der Waals surface area contributed by atoms with Gasteiger partial charge in [0.15, 0.2) is 5.69 Å². The Morgan fingerprint density at radius 2 is 1.95 bits per heavy atom. The summed E-state index contributed by atoms with van der Waals surface area (Å²) in [4.78, 5) is 22.4. The van der Waals surface area contributed by atoms with Crippen molar-refractivity contribution < 1.29 is 31.7 Å². The lowest BCUT2D eigenvalue weighted by Crippen LogP contribution is -2.19. The molecular formula is C8H4F5N3O3. The van der Waals surface area contributed by atoms with Crippen molar-refractivity contribution in [3.63, 3.8) is 0 Å². The van der Waals surface area contributed by atoms with Gasteiger partial charge in [0.1, 0.15) is 11.3 Å². The Kier molecular flexibility index (Phi) is 3.68. The number of aromatic nitrogens is 1. The summed E-state index contributed by atoms with van der Waals surface area (Å²) in [6.07, 6.45) is -8.97. The van der Waals surface area contributed by atoms with Gasteiger partial charge >= 0.3 is 11.9 Å². The molecule has 11 heteroatoms. The third kappa shape index (κ3) is 2.92. The molecule has 0 saturated heterocycles. The van der Waals surface area contributed by atoms with Crippen LogP contribution in [0.3, 0.4) is 0 Å². The summed E-state index contributed by atoms with van der Waals surface area (Å²) in [5.41, 5.74) is -2.15. The van der Waals surface area contributed by atoms with Crippen molar-refractivity contribution in [3.05, 3.63) is 33.1 Å². The van der Waals surface area contributed by atoms with E-state index in [9.17, 15) is 36.9 Å². The molecule has 1 heterocycles. The first-order valence-corrected chi connectivity index (χ1v) is 4.40. The van der Waals surface area contributed by atoms with Crippen LogP contribution in [0.25, 0.3) is 0 Å². The highest BCUT2D eigenvalue weighted by Gasteiger charge is 2.43. The molecule has 1 amide bonds. The monoisotopic (exact) mass is 285 g/mol. The predicted molar refractivity (Wildman–Crippen MR) is 49.4 cm³/mol. The lowest BCUT2D eigenvalue weighted by Gasteiger charge is -2.11. The number of hydrogen-bond acceptors (Lipinski definition) is 4. The molecular weight excluding hydrogens is 281 g/mol. The van der Waals surface area contributed by atoms with Gasteiger partial charge in [-0.3, -0.25) is 14.9 Å². The van der Waals surface area contributed by atoms with E-state index in [1.807, 2.05) is 0 Å². The van der Waals surface area contributed by atoms with Crippen LogP contribution in [0.15, 0.2) is 6.07 Å². The molecule has 1 rings (SSSR count). The van der Waals surface area contributed by atoms with E-state index in [1.165, 1.54) is 0 Å². The van der Waals surface area contributed by atoms with Gasteiger partial charge in [0.25, 0.3) is 12.3 Å². The first-order chi connectivity index (χ1) is 8.55. The van der Waals surface area contributed by atoms with Gasteiger partial charge in [-0.25, -0.2) is 13.8 Å². The second-order valence-corrected chi connectivity index (χ2v) is 3.21. The topological polar surface area (TPSA) is 99.1 Å². The van der Waals surface area contributed by atoms with Crippen LogP contribution in [0.4, 0.5) is 27.6 Å². The zero-order valence-corrected chi connectivity index (χ0v) is 8.74. The summed E-state index contributed by atoms with van der Waals surface area (Å²) in [5.74, 6) is -1.51. The number of amides is 1. The van der Waals surface area contributed by atoms with Crippen LogP contribution in [-0.2, 0) is 6.18 Å². The summed E-state index contributed by atoms with van der Waals surface area (Å²) < 4.78 is 62.7. The Balaban J connectivity index is 3.76. The number of carbonyl (C=O) groups is 1. The zero-order valence-electron chi connectivity index (χ0n) is 8.74. The van der Waals surface area contributed by atoms with Gasteiger partial charge in [0.2, 0.25) is 0 Å². The Hall–Kier alpha value is -2.33. The molecule has 0 aliphatic rings. The fourth-order valence-electron chi connectivity index (χ4n) is 1.24. The molecule has 0 spiro atoms. The number of halogens is 5. The van der Waals surface area contributed by atoms with Gasteiger partial charge in [-0.1, -0.05) is 0 Å². The molecule has 0 saturated carbocycles. The predicted octanol–water partition coefficient (Wildman–Crippen LogP) is 2.05. The second kappa shape index (κ2) is 4.74. The number of hydrogen-bond donors (Lipinski definition) is 1. The van der Waals surface area contributed by atoms with Gasteiger partial charge in [0.05, 0.1) is 4.92 Å². The minimum absolute atomic E-state index is 0.0354. The normalized spacial score (nSPS) is 11.7. The van der Waals surface area contributed by atoms with E-state index in [1.54, 1.807) is 0 Å². The first-order valence-electron chi connectivity index (χ1n) is 4.40. The number of pyridine rings is 1. The highest BCUT2D eigenvalue weighted by Crippen LogP contribution is 2.40. The lowest BCUT2D eigenvalue weighted by atomic mass is 10.1. The van der Waals surface area contributed by atoms with Crippen molar-refractivity contribution in [3.8, 4) is 0 Å². The SMILES string of the molecule is NC(=O)c1cc(C(F)(F)F)c([N+](=O)[O-])c(C(F)F)n1. The first kappa shape index (κ1) is 14.7. The van der Waals surface area contributed by atoms with Crippen molar-refractivity contribution in [2.45, 2.75) is 12.6 Å². The molecule has 0 atom stereocenters. The van der Waals surface area contributed by atoms with E-state index < -0.39 is 46.1 Å². The van der Waals surface area contributed by atoms with Crippen LogP contribution >= 0.6 is 0 Å². The van der Waals surface area contributed by atoms with Crippen molar-refractivity contribution >= 4 is 11.6 Å². The molecule has 0 aliphatic carbocycles. The number of carbonyl (C=O) groups excluding carboxylic acids is 1. The van der Waals surface area contributed by atoms with Crippen LogP contribution in [0, 0.1) is 10.1 Å². The van der Waals surface area contributed by atoms with Gasteiger partial charge in [-0.05, 0) is 6.07 Å². The molecule has 104 valence electrons. The van der Waals surface area contributed by atoms with Crippen molar-refractivity contribution in [2.24, 2.45) is 5.73 Å². The van der Waals surface area contributed by atoms with Gasteiger partial charge < -0.3 is 5.73 Å². The van der Waals surface area contributed by atoms with Crippen molar-refractivity contribution in [1.29, 1.82) is 0 Å². The van der Waals surface area contributed by atoms with Crippen LogP contribution < -0.4 is 5.73 Å². The molecule has 1 aromatic heterocycles. The van der Waals surface area contributed by atoms with Crippen molar-refractivity contribution in [1.82, 2.24) is 4.98 Å². The largest absolute Gasteiger partial charge is 0.423 e. The summed E-state index contributed by atoms with van der Waals surface area (Å²) >= 11 is 0. The number of nitrogens with two attached hydrogens (primary N) is 1. The highest BCUT2D eigenvalue weighted by molar-refractivity contribution is 5.91. The number of alkyl halides is 5. The Labute approximate surface area is 101 Å². The number of nitro groups is 1. The van der Waals surface area contributed by atoms with Gasteiger partial charge in [0, 0.05) is 0 Å². The third-order valence-corrected chi connectivity index (χ3v) is 1.97. The van der Waals surface area contributed by atoms with Crippen LogP contribution in [0.1, 0.15) is 28.2 Å². The second-order valence-electron chi connectivity index (χ2n) is 3.21. The third-order valence-electron chi connectivity index (χ3n) is 1.97. The van der Waals surface area contributed by atoms with E-state index in [2.05, 4.69) is 10.7 Å². The van der Waals surface area contributed by atoms with Crippen LogP contribution in [-0.4, -0.2) is 15.8 Å². The van der Waals surface area contributed by atoms with Crippen molar-refractivity contribution in [2.75, 3.05) is 0 Å². The fourth-order valence-corrected chi connectivity index (χ4v) is 1.24. The molecule has 2 N–H and O–H groups in total. The average molecular weight is 285 g/mol. The molecule has 6 nitrogen and oxygen atoms in total. The summed E-state index contributed by atoms with van der Waals surface area (Å²) in [6.45, 7) is 0. The highest BCUT2D eigenvalue weighted by atomic mass is 19.4. The average Bonchev–Trinajstić information content (AvgIpc) is 2.25. The Morgan fingerprint density at radius 3 is 2.26 bits per heavy atom.